The molecular weight excluding hydrogens is 448 g/mol. The zero-order valence-electron chi connectivity index (χ0n) is 20.5. The molecule has 0 bridgehead atoms. The van der Waals surface area contributed by atoms with Crippen LogP contribution in [0.15, 0.2) is 72.9 Å². The fourth-order valence-electron chi connectivity index (χ4n) is 2.97. The Morgan fingerprint density at radius 1 is 0.857 bits per heavy atom. The molecule has 0 aromatic carbocycles. The number of ether oxygens (including phenoxy) is 2. The van der Waals surface area contributed by atoms with E-state index in [9.17, 15) is 24.6 Å². The van der Waals surface area contributed by atoms with E-state index in [1.807, 2.05) is 12.2 Å². The molecule has 1 rings (SSSR count). The number of hydrogen-bond donors (Lipinski definition) is 2. The number of aliphatic hydroxyl groups is 2. The Hall–Kier alpha value is -3.03. The highest BCUT2D eigenvalue weighted by molar-refractivity contribution is 6.09. The van der Waals surface area contributed by atoms with E-state index in [-0.39, 0.29) is 6.42 Å². The summed E-state index contributed by atoms with van der Waals surface area (Å²) in [6, 6.07) is 0. The zero-order chi connectivity index (χ0) is 25.7. The van der Waals surface area contributed by atoms with Gasteiger partial charge in [-0.15, -0.1) is 0 Å². The van der Waals surface area contributed by atoms with Crippen molar-refractivity contribution < 1.29 is 34.1 Å². The molecule has 1 saturated heterocycles. The van der Waals surface area contributed by atoms with E-state index in [2.05, 4.69) is 72.4 Å². The molecule has 0 saturated carbocycles. The lowest BCUT2D eigenvalue weighted by Crippen LogP contribution is -2.38. The molecule has 0 spiro atoms. The normalized spacial score (nSPS) is 20.0. The molecule has 1 aliphatic rings. The molecule has 0 radical (unpaired) electrons. The summed E-state index contributed by atoms with van der Waals surface area (Å²) in [6.45, 7) is 1.64. The smallest absolute Gasteiger partial charge is 0.343 e. The van der Waals surface area contributed by atoms with Gasteiger partial charge in [0.05, 0.1) is 0 Å². The Labute approximate surface area is 208 Å². The van der Waals surface area contributed by atoms with Crippen molar-refractivity contribution in [2.45, 2.75) is 76.6 Å². The van der Waals surface area contributed by atoms with E-state index >= 15 is 0 Å². The Morgan fingerprint density at radius 2 is 1.31 bits per heavy atom. The van der Waals surface area contributed by atoms with Crippen molar-refractivity contribution >= 4 is 17.7 Å². The molecule has 0 amide bonds. The van der Waals surface area contributed by atoms with E-state index in [1.54, 1.807) is 0 Å². The first kappa shape index (κ1) is 30.0. The third kappa shape index (κ3) is 14.1. The molecule has 7 nitrogen and oxygen atoms in total. The van der Waals surface area contributed by atoms with Crippen molar-refractivity contribution in [1.82, 2.24) is 0 Å². The minimum absolute atomic E-state index is 0.121. The lowest BCUT2D eigenvalue weighted by atomic mass is 10.1. The van der Waals surface area contributed by atoms with Crippen LogP contribution < -0.4 is 0 Å². The molecule has 0 aliphatic carbocycles. The number of carbonyl (C=O) groups is 3. The van der Waals surface area contributed by atoms with Crippen molar-refractivity contribution in [3.63, 3.8) is 0 Å². The van der Waals surface area contributed by atoms with Crippen molar-refractivity contribution in [2.24, 2.45) is 0 Å². The topological polar surface area (TPSA) is 110 Å². The fourth-order valence-corrected chi connectivity index (χ4v) is 2.97. The number of carbonyl (C=O) groups excluding carboxylic acids is 3. The Balaban J connectivity index is 2.03. The van der Waals surface area contributed by atoms with E-state index in [0.717, 1.165) is 38.5 Å². The van der Waals surface area contributed by atoms with Crippen LogP contribution in [-0.4, -0.2) is 52.9 Å². The fraction of sp³-hybridized carbons (Fsp3) is 0.464. The van der Waals surface area contributed by atoms with Crippen LogP contribution in [0.3, 0.4) is 0 Å². The second kappa shape index (κ2) is 19.3. The second-order valence-electron chi connectivity index (χ2n) is 7.87. The first-order valence-electron chi connectivity index (χ1n) is 12.1. The SMILES string of the molecule is CCC=CCC=CCC=CCC=CCC=CCC=CCCC(=O)OC[C@H](O)[C@H]1OC(=O)C(O)C1=O. The minimum atomic E-state index is -1.89. The molecule has 3 atom stereocenters. The second-order valence-corrected chi connectivity index (χ2v) is 7.87. The van der Waals surface area contributed by atoms with Gasteiger partial charge in [-0.3, -0.25) is 9.59 Å². The molecule has 2 N–H and O–H groups in total. The molecule has 35 heavy (non-hydrogen) atoms. The summed E-state index contributed by atoms with van der Waals surface area (Å²) in [6.07, 6.45) is 26.6. The van der Waals surface area contributed by atoms with Crippen LogP contribution in [0, 0.1) is 0 Å². The lowest BCUT2D eigenvalue weighted by molar-refractivity contribution is -0.156. The molecule has 1 heterocycles. The maximum Gasteiger partial charge on any atom is 0.343 e. The monoisotopic (exact) mass is 486 g/mol. The molecule has 192 valence electrons. The van der Waals surface area contributed by atoms with Crippen molar-refractivity contribution in [1.29, 1.82) is 0 Å². The first-order chi connectivity index (χ1) is 17.0. The number of hydrogen-bond acceptors (Lipinski definition) is 7. The maximum atomic E-state index is 11.7. The van der Waals surface area contributed by atoms with Crippen LogP contribution in [0.5, 0.6) is 0 Å². The summed E-state index contributed by atoms with van der Waals surface area (Å²) in [5.74, 6) is -2.58. The number of ketones is 1. The number of esters is 2. The predicted octanol–water partition coefficient (Wildman–Crippen LogP) is 4.22. The van der Waals surface area contributed by atoms with E-state index in [4.69, 9.17) is 4.74 Å². The van der Waals surface area contributed by atoms with E-state index in [1.165, 1.54) is 0 Å². The Kier molecular flexibility index (Phi) is 16.5. The average molecular weight is 487 g/mol. The maximum absolute atomic E-state index is 11.7. The van der Waals surface area contributed by atoms with Crippen molar-refractivity contribution in [3.05, 3.63) is 72.9 Å². The van der Waals surface area contributed by atoms with Crippen LogP contribution in [-0.2, 0) is 23.9 Å². The molecule has 7 heteroatoms. The van der Waals surface area contributed by atoms with Gasteiger partial charge in [0.1, 0.15) is 12.7 Å². The van der Waals surface area contributed by atoms with Crippen molar-refractivity contribution in [3.8, 4) is 0 Å². The van der Waals surface area contributed by atoms with Crippen LogP contribution in [0.25, 0.3) is 0 Å². The molecule has 0 aromatic rings. The molecule has 1 fully saturated rings. The molecule has 1 aliphatic heterocycles. The summed E-state index contributed by atoms with van der Waals surface area (Å²) in [5.41, 5.74) is 0. The number of aliphatic hydroxyl groups excluding tert-OH is 2. The Morgan fingerprint density at radius 3 is 1.74 bits per heavy atom. The number of rotatable bonds is 17. The minimum Gasteiger partial charge on any atom is -0.463 e. The van der Waals surface area contributed by atoms with Gasteiger partial charge < -0.3 is 19.7 Å². The third-order valence-electron chi connectivity index (χ3n) is 4.89. The van der Waals surface area contributed by atoms with Gasteiger partial charge in [0.25, 0.3) is 0 Å². The third-order valence-corrected chi connectivity index (χ3v) is 4.89. The van der Waals surface area contributed by atoms with Gasteiger partial charge in [-0.25, -0.2) is 4.79 Å². The van der Waals surface area contributed by atoms with Crippen LogP contribution >= 0.6 is 0 Å². The van der Waals surface area contributed by atoms with Crippen LogP contribution in [0.4, 0.5) is 0 Å². The van der Waals surface area contributed by atoms with E-state index in [0.29, 0.717) is 6.42 Å². The largest absolute Gasteiger partial charge is 0.463 e. The average Bonchev–Trinajstić information content (AvgIpc) is 3.11. The summed E-state index contributed by atoms with van der Waals surface area (Å²) in [7, 11) is 0. The highest BCUT2D eigenvalue weighted by Crippen LogP contribution is 2.15. The number of Topliss-reactive ketones (excluding diaryl/α,β-unsaturated/α-hetero) is 1. The van der Waals surface area contributed by atoms with Gasteiger partial charge in [0, 0.05) is 6.42 Å². The van der Waals surface area contributed by atoms with Crippen LogP contribution in [0.1, 0.15) is 58.3 Å². The number of cyclic esters (lactones) is 1. The first-order valence-corrected chi connectivity index (χ1v) is 12.1. The highest BCUT2D eigenvalue weighted by atomic mass is 16.6. The van der Waals surface area contributed by atoms with Gasteiger partial charge in [-0.1, -0.05) is 79.8 Å². The Bertz CT molecular complexity index is 817. The van der Waals surface area contributed by atoms with E-state index < -0.39 is 42.6 Å². The zero-order valence-corrected chi connectivity index (χ0v) is 20.5. The summed E-state index contributed by atoms with van der Waals surface area (Å²) in [4.78, 5) is 34.4. The van der Waals surface area contributed by atoms with Gasteiger partial charge in [0.15, 0.2) is 6.10 Å². The number of allylic oxidation sites excluding steroid dienone is 12. The van der Waals surface area contributed by atoms with Gasteiger partial charge in [-0.05, 0) is 44.9 Å². The molecular formula is C28H38O7. The van der Waals surface area contributed by atoms with Gasteiger partial charge in [0.2, 0.25) is 11.9 Å². The van der Waals surface area contributed by atoms with Crippen molar-refractivity contribution in [2.75, 3.05) is 6.61 Å². The van der Waals surface area contributed by atoms with Gasteiger partial charge in [-0.2, -0.15) is 0 Å². The highest BCUT2D eigenvalue weighted by Gasteiger charge is 2.46. The molecule has 0 aromatic heterocycles. The summed E-state index contributed by atoms with van der Waals surface area (Å²) in [5, 5.41) is 19.0. The van der Waals surface area contributed by atoms with Gasteiger partial charge >= 0.3 is 11.9 Å². The quantitative estimate of drug-likeness (QED) is 0.180. The lowest BCUT2D eigenvalue weighted by Gasteiger charge is -2.15. The summed E-state index contributed by atoms with van der Waals surface area (Å²) >= 11 is 0. The predicted molar refractivity (Wildman–Crippen MR) is 135 cm³/mol. The summed E-state index contributed by atoms with van der Waals surface area (Å²) < 4.78 is 9.47. The molecule has 1 unspecified atom stereocenters. The standard InChI is InChI=1S/C28H38O7/c1-2-3-4-5-6-7-8-9-10-11-12-13-14-15-16-17-18-19-20-21-24(30)34-22-23(29)27-25(31)26(32)28(33)35-27/h3-4,6-7,9-10,12-13,15-16,18-19,23,26-27,29,32H,2,5,8,11,14,17,20-22H2,1H3/t23-,26?,27+/m0/s1. The van der Waals surface area contributed by atoms with Crippen LogP contribution in [0.2, 0.25) is 0 Å².